The summed E-state index contributed by atoms with van der Waals surface area (Å²) in [5.41, 5.74) is 5.02. The Labute approximate surface area is 202 Å². The minimum Gasteiger partial charge on any atom is -0.324 e. The van der Waals surface area contributed by atoms with E-state index in [1.807, 2.05) is 6.21 Å². The summed E-state index contributed by atoms with van der Waals surface area (Å²) < 4.78 is 0. The van der Waals surface area contributed by atoms with E-state index in [2.05, 4.69) is 99.6 Å². The van der Waals surface area contributed by atoms with Crippen LogP contribution in [-0.4, -0.2) is 22.2 Å². The van der Waals surface area contributed by atoms with E-state index in [9.17, 15) is 0 Å². The molecule has 0 fully saturated rings. The second-order valence-electron chi connectivity index (χ2n) is 9.36. The Bertz CT molecular complexity index is 909. The first-order valence-electron chi connectivity index (χ1n) is 12.9. The predicted octanol–water partition coefficient (Wildman–Crippen LogP) is 8.25. The summed E-state index contributed by atoms with van der Waals surface area (Å²) in [7, 11) is 0. The van der Waals surface area contributed by atoms with Gasteiger partial charge in [0.2, 0.25) is 0 Å². The largest absolute Gasteiger partial charge is 0.324 e. The Morgan fingerprint density at radius 2 is 2.00 bits per heavy atom. The molecule has 0 aromatic carbocycles. The SMILES string of the molecule is C=C(/C=N\C1=C(C)N(C2=CC=CCC2CC=CCC)C(CC)N1C1=CCCC=C1)C(C)CC. The quantitative estimate of drug-likeness (QED) is 0.249. The van der Waals surface area contributed by atoms with Gasteiger partial charge in [-0.2, -0.15) is 0 Å². The summed E-state index contributed by atoms with van der Waals surface area (Å²) in [6.07, 6.45) is 28.2. The number of rotatable bonds is 10. The molecule has 3 rings (SSSR count). The van der Waals surface area contributed by atoms with Crippen LogP contribution in [0, 0.1) is 11.8 Å². The number of allylic oxidation sites excluding steroid dienone is 11. The van der Waals surface area contributed by atoms with Gasteiger partial charge < -0.3 is 9.80 Å². The van der Waals surface area contributed by atoms with Crippen LogP contribution in [0.5, 0.6) is 0 Å². The normalized spacial score (nSPS) is 24.3. The molecule has 2 aliphatic carbocycles. The molecule has 33 heavy (non-hydrogen) atoms. The molecule has 0 spiro atoms. The summed E-state index contributed by atoms with van der Waals surface area (Å²) in [6, 6.07) is 0. The van der Waals surface area contributed by atoms with Gasteiger partial charge in [-0.3, -0.25) is 0 Å². The molecule has 1 aliphatic heterocycles. The van der Waals surface area contributed by atoms with Gasteiger partial charge in [-0.15, -0.1) is 0 Å². The van der Waals surface area contributed by atoms with Crippen molar-refractivity contribution in [3.05, 3.63) is 83.7 Å². The molecule has 0 radical (unpaired) electrons. The van der Waals surface area contributed by atoms with Crippen LogP contribution < -0.4 is 0 Å². The molecule has 3 atom stereocenters. The fraction of sp³-hybridized carbons (Fsp3) is 0.500. The predicted molar refractivity (Wildman–Crippen MR) is 143 cm³/mol. The lowest BCUT2D eigenvalue weighted by Crippen LogP contribution is -2.40. The zero-order chi connectivity index (χ0) is 23.8. The van der Waals surface area contributed by atoms with Crippen molar-refractivity contribution in [1.82, 2.24) is 9.80 Å². The molecule has 1 heterocycles. The standard InChI is InChI=1S/C30H43N3/c1-7-10-12-17-26-18-15-16-21-28(26)32-25(6)30(31-22-24(5)23(4)8-2)33(29(32)9-3)27-19-13-11-14-20-27/h10,12-13,15-16,19-23,26,29H,5,7-9,11,14,17-18H2,1-4,6H3/b12-10?,31-22-. The third kappa shape index (κ3) is 5.69. The van der Waals surface area contributed by atoms with Crippen LogP contribution >= 0.6 is 0 Å². The summed E-state index contributed by atoms with van der Waals surface area (Å²) in [6.45, 7) is 15.5. The molecule has 0 amide bonds. The lowest BCUT2D eigenvalue weighted by molar-refractivity contribution is 0.182. The molecule has 0 aromatic rings. The number of hydrogen-bond acceptors (Lipinski definition) is 3. The van der Waals surface area contributed by atoms with E-state index in [1.165, 1.54) is 17.1 Å². The van der Waals surface area contributed by atoms with Crippen molar-refractivity contribution in [2.24, 2.45) is 16.8 Å². The smallest absolute Gasteiger partial charge is 0.154 e. The van der Waals surface area contributed by atoms with Crippen molar-refractivity contribution < 1.29 is 0 Å². The van der Waals surface area contributed by atoms with Gasteiger partial charge in [0.25, 0.3) is 0 Å². The van der Waals surface area contributed by atoms with Crippen molar-refractivity contribution in [3.63, 3.8) is 0 Å². The van der Waals surface area contributed by atoms with Gasteiger partial charge in [0, 0.05) is 23.5 Å². The number of hydrogen-bond donors (Lipinski definition) is 0. The van der Waals surface area contributed by atoms with E-state index in [4.69, 9.17) is 4.99 Å². The molecule has 0 N–H and O–H groups in total. The van der Waals surface area contributed by atoms with Gasteiger partial charge >= 0.3 is 0 Å². The zero-order valence-electron chi connectivity index (χ0n) is 21.4. The average molecular weight is 446 g/mol. The van der Waals surface area contributed by atoms with Crippen molar-refractivity contribution in [1.29, 1.82) is 0 Å². The van der Waals surface area contributed by atoms with Gasteiger partial charge in [-0.05, 0) is 75.5 Å². The van der Waals surface area contributed by atoms with Crippen LogP contribution in [0.15, 0.2) is 88.7 Å². The highest BCUT2D eigenvalue weighted by Gasteiger charge is 2.40. The Morgan fingerprint density at radius 1 is 1.18 bits per heavy atom. The van der Waals surface area contributed by atoms with Crippen LogP contribution in [0.1, 0.15) is 79.6 Å². The first-order chi connectivity index (χ1) is 16.0. The van der Waals surface area contributed by atoms with E-state index < -0.39 is 0 Å². The van der Waals surface area contributed by atoms with Crippen molar-refractivity contribution in [3.8, 4) is 0 Å². The van der Waals surface area contributed by atoms with Crippen molar-refractivity contribution in [2.75, 3.05) is 0 Å². The molecule has 0 bridgehead atoms. The maximum absolute atomic E-state index is 5.08. The van der Waals surface area contributed by atoms with Crippen LogP contribution in [0.4, 0.5) is 0 Å². The second-order valence-corrected chi connectivity index (χ2v) is 9.36. The van der Waals surface area contributed by atoms with Gasteiger partial charge in [0.15, 0.2) is 5.82 Å². The van der Waals surface area contributed by atoms with E-state index in [-0.39, 0.29) is 6.17 Å². The first kappa shape index (κ1) is 25.1. The first-order valence-corrected chi connectivity index (χ1v) is 12.9. The maximum Gasteiger partial charge on any atom is 0.154 e. The molecule has 178 valence electrons. The minimum absolute atomic E-state index is 0.235. The lowest BCUT2D eigenvalue weighted by Gasteiger charge is -2.38. The summed E-state index contributed by atoms with van der Waals surface area (Å²) in [5.74, 6) is 2.00. The Kier molecular flexibility index (Phi) is 9.17. The summed E-state index contributed by atoms with van der Waals surface area (Å²) in [5, 5.41) is 0. The minimum atomic E-state index is 0.235. The molecule has 3 nitrogen and oxygen atoms in total. The topological polar surface area (TPSA) is 18.8 Å². The van der Waals surface area contributed by atoms with Gasteiger partial charge in [-0.1, -0.05) is 70.7 Å². The van der Waals surface area contributed by atoms with E-state index >= 15 is 0 Å². The van der Waals surface area contributed by atoms with Gasteiger partial charge in [-0.25, -0.2) is 4.99 Å². The van der Waals surface area contributed by atoms with E-state index in [0.717, 1.165) is 56.3 Å². The van der Waals surface area contributed by atoms with Crippen LogP contribution in [0.2, 0.25) is 0 Å². The van der Waals surface area contributed by atoms with Crippen LogP contribution in [0.3, 0.4) is 0 Å². The van der Waals surface area contributed by atoms with E-state index in [0.29, 0.717) is 11.8 Å². The van der Waals surface area contributed by atoms with E-state index in [1.54, 1.807) is 0 Å². The number of aliphatic imine (C=N–C) groups is 1. The van der Waals surface area contributed by atoms with Crippen LogP contribution in [0.25, 0.3) is 0 Å². The van der Waals surface area contributed by atoms with Crippen molar-refractivity contribution in [2.45, 2.75) is 85.7 Å². The highest BCUT2D eigenvalue weighted by atomic mass is 15.5. The summed E-state index contributed by atoms with van der Waals surface area (Å²) >= 11 is 0. The molecule has 0 saturated heterocycles. The Morgan fingerprint density at radius 3 is 2.67 bits per heavy atom. The Hall–Kier alpha value is -2.55. The van der Waals surface area contributed by atoms with Gasteiger partial charge in [0.1, 0.15) is 6.17 Å². The molecule has 3 heteroatoms. The van der Waals surface area contributed by atoms with Gasteiger partial charge in [0.05, 0.1) is 5.70 Å². The molecular weight excluding hydrogens is 402 g/mol. The molecule has 0 aromatic heterocycles. The fourth-order valence-corrected chi connectivity index (χ4v) is 4.84. The lowest BCUT2D eigenvalue weighted by atomic mass is 9.91. The van der Waals surface area contributed by atoms with Crippen LogP contribution in [-0.2, 0) is 0 Å². The summed E-state index contributed by atoms with van der Waals surface area (Å²) in [4.78, 5) is 10.1. The third-order valence-corrected chi connectivity index (χ3v) is 7.07. The van der Waals surface area contributed by atoms with Crippen molar-refractivity contribution >= 4 is 6.21 Å². The molecular formula is C30H43N3. The zero-order valence-corrected chi connectivity index (χ0v) is 21.4. The third-order valence-electron chi connectivity index (χ3n) is 7.07. The maximum atomic E-state index is 5.08. The Balaban J connectivity index is 2.03. The fourth-order valence-electron chi connectivity index (χ4n) is 4.84. The molecule has 0 saturated carbocycles. The average Bonchev–Trinajstić information content (AvgIpc) is 3.13. The highest BCUT2D eigenvalue weighted by molar-refractivity contribution is 5.79. The second kappa shape index (κ2) is 12.1. The monoisotopic (exact) mass is 445 g/mol. The number of nitrogens with zero attached hydrogens (tertiary/aromatic N) is 3. The molecule has 3 unspecified atom stereocenters. The molecule has 3 aliphatic rings. The highest BCUT2D eigenvalue weighted by Crippen LogP contribution is 2.42.